The monoisotopic (exact) mass is 103 g/mol. The van der Waals surface area contributed by atoms with Crippen LogP contribution < -0.4 is 4.90 Å². The van der Waals surface area contributed by atoms with Gasteiger partial charge in [-0.3, -0.25) is 0 Å². The van der Waals surface area contributed by atoms with Gasteiger partial charge in [0.2, 0.25) is 0 Å². The van der Waals surface area contributed by atoms with Crippen molar-refractivity contribution in [3.8, 4) is 0 Å². The van der Waals surface area contributed by atoms with E-state index in [1.165, 1.54) is 0 Å². The fourth-order valence-electron chi connectivity index (χ4n) is 0.878. The molecule has 0 aliphatic carbocycles. The standard InChI is InChI=1S/C5H10FN/c1-7-3-2-5(6)4-7/h5,7H,1-4H2/t5-/m1/s1. The predicted octanol–water partition coefficient (Wildman–Crippen LogP) is -0.595. The summed E-state index contributed by atoms with van der Waals surface area (Å²) in [5, 5.41) is 0. The third kappa shape index (κ3) is 1.13. The van der Waals surface area contributed by atoms with Gasteiger partial charge in [0.05, 0.1) is 13.1 Å². The van der Waals surface area contributed by atoms with E-state index in [1.54, 1.807) is 0 Å². The van der Waals surface area contributed by atoms with Crippen LogP contribution in [0.2, 0.25) is 0 Å². The minimum absolute atomic E-state index is 0.576. The van der Waals surface area contributed by atoms with Gasteiger partial charge < -0.3 is 4.90 Å². The first kappa shape index (κ1) is 5.04. The Balaban J connectivity index is 2.26. The second-order valence-electron chi connectivity index (χ2n) is 2.09. The molecule has 0 aromatic heterocycles. The maximum Gasteiger partial charge on any atom is 0.152 e. The quantitative estimate of drug-likeness (QED) is 0.391. The number of nitrogens with one attached hydrogen (secondary N) is 1. The molecule has 0 aromatic carbocycles. The summed E-state index contributed by atoms with van der Waals surface area (Å²) in [5.74, 6) is 0. The summed E-state index contributed by atoms with van der Waals surface area (Å²) in [4.78, 5) is 1.08. The molecule has 1 aliphatic heterocycles. The van der Waals surface area contributed by atoms with E-state index in [9.17, 15) is 4.39 Å². The van der Waals surface area contributed by atoms with Crippen molar-refractivity contribution in [1.82, 2.24) is 0 Å². The van der Waals surface area contributed by atoms with Crippen LogP contribution in [0.15, 0.2) is 0 Å². The van der Waals surface area contributed by atoms with Crippen molar-refractivity contribution in [2.24, 2.45) is 0 Å². The van der Waals surface area contributed by atoms with Gasteiger partial charge in [0.25, 0.3) is 0 Å². The van der Waals surface area contributed by atoms with Crippen molar-refractivity contribution < 1.29 is 9.29 Å². The van der Waals surface area contributed by atoms with Crippen molar-refractivity contribution in [3.63, 3.8) is 0 Å². The van der Waals surface area contributed by atoms with Crippen LogP contribution in [0.3, 0.4) is 0 Å². The van der Waals surface area contributed by atoms with Gasteiger partial charge >= 0.3 is 0 Å². The molecule has 2 atom stereocenters. The van der Waals surface area contributed by atoms with Gasteiger partial charge in [0, 0.05) is 6.42 Å². The predicted molar refractivity (Wildman–Crippen MR) is 25.6 cm³/mol. The molecule has 1 N–H and O–H groups in total. The Morgan fingerprint density at radius 1 is 1.71 bits per heavy atom. The van der Waals surface area contributed by atoms with Gasteiger partial charge in [0.15, 0.2) is 6.17 Å². The highest BCUT2D eigenvalue weighted by Crippen LogP contribution is 1.95. The Bertz CT molecular complexity index is 57.1. The average molecular weight is 103 g/mol. The summed E-state index contributed by atoms with van der Waals surface area (Å²) in [6.45, 7) is 1.52. The third-order valence-electron chi connectivity index (χ3n) is 1.32. The third-order valence-corrected chi connectivity index (χ3v) is 1.32. The maximum absolute atomic E-state index is 12.1. The maximum atomic E-state index is 12.1. The highest BCUT2D eigenvalue weighted by atomic mass is 19.1. The second-order valence-corrected chi connectivity index (χ2v) is 2.09. The highest BCUT2D eigenvalue weighted by molar-refractivity contribution is 4.57. The number of alkyl halides is 1. The van der Waals surface area contributed by atoms with Crippen molar-refractivity contribution in [3.05, 3.63) is 7.05 Å². The van der Waals surface area contributed by atoms with Crippen LogP contribution in [-0.2, 0) is 0 Å². The lowest BCUT2D eigenvalue weighted by atomic mass is 10.4. The lowest BCUT2D eigenvalue weighted by Crippen LogP contribution is -3.04. The lowest BCUT2D eigenvalue weighted by Gasteiger charge is -2.09. The number of halogens is 1. The Kier molecular flexibility index (Phi) is 1.28. The summed E-state index contributed by atoms with van der Waals surface area (Å²) >= 11 is 0. The average Bonchev–Trinajstić information content (AvgIpc) is 1.87. The van der Waals surface area contributed by atoms with E-state index < -0.39 is 6.17 Å². The molecule has 0 amide bonds. The van der Waals surface area contributed by atoms with E-state index in [0.29, 0.717) is 13.0 Å². The van der Waals surface area contributed by atoms with Gasteiger partial charge in [0.1, 0.15) is 0 Å². The lowest BCUT2D eigenvalue weighted by molar-refractivity contribution is -0.840. The number of likely N-dealkylation sites (tertiary alicyclic amines) is 1. The van der Waals surface area contributed by atoms with E-state index in [0.717, 1.165) is 11.4 Å². The molecule has 0 radical (unpaired) electrons. The SMILES string of the molecule is [CH2-][NH+]1CC[C@@H](F)C1. The van der Waals surface area contributed by atoms with Crippen LogP contribution >= 0.6 is 0 Å². The zero-order valence-electron chi connectivity index (χ0n) is 4.28. The molecular formula is C5H10FN. The van der Waals surface area contributed by atoms with E-state index in [-0.39, 0.29) is 0 Å². The molecule has 1 rings (SSSR count). The molecule has 0 spiro atoms. The van der Waals surface area contributed by atoms with Crippen LogP contribution in [0.5, 0.6) is 0 Å². The molecule has 2 heteroatoms. The van der Waals surface area contributed by atoms with Crippen LogP contribution in [0.1, 0.15) is 6.42 Å². The smallest absolute Gasteiger partial charge is 0.152 e. The zero-order valence-corrected chi connectivity index (χ0v) is 4.28. The van der Waals surface area contributed by atoms with Crippen LogP contribution in [0.25, 0.3) is 0 Å². The molecule has 1 fully saturated rings. The van der Waals surface area contributed by atoms with Crippen molar-refractivity contribution in [2.75, 3.05) is 13.1 Å². The van der Waals surface area contributed by atoms with Crippen molar-refractivity contribution in [2.45, 2.75) is 12.6 Å². The van der Waals surface area contributed by atoms with Crippen LogP contribution in [-0.4, -0.2) is 19.3 Å². The van der Waals surface area contributed by atoms with Gasteiger partial charge in [-0.05, 0) is 0 Å². The second kappa shape index (κ2) is 1.78. The minimum atomic E-state index is -0.576. The molecule has 1 aliphatic rings. The first-order valence-electron chi connectivity index (χ1n) is 2.60. The molecule has 7 heavy (non-hydrogen) atoms. The molecule has 1 saturated heterocycles. The summed E-state index contributed by atoms with van der Waals surface area (Å²) in [5.41, 5.74) is 0. The molecule has 0 aromatic rings. The zero-order chi connectivity index (χ0) is 5.28. The molecular weight excluding hydrogens is 93.1 g/mol. The van der Waals surface area contributed by atoms with Gasteiger partial charge in [-0.1, -0.05) is 0 Å². The number of hydrogen-bond donors (Lipinski definition) is 1. The number of hydrogen-bond acceptors (Lipinski definition) is 0. The number of rotatable bonds is 0. The normalized spacial score (nSPS) is 42.0. The number of quaternary nitrogens is 1. The largest absolute Gasteiger partial charge is 0.465 e. The van der Waals surface area contributed by atoms with Crippen molar-refractivity contribution >= 4 is 0 Å². The fraction of sp³-hybridized carbons (Fsp3) is 0.800. The molecule has 1 heterocycles. The molecule has 1 unspecified atom stereocenters. The van der Waals surface area contributed by atoms with Gasteiger partial charge in [-0.15, -0.1) is 0 Å². The van der Waals surface area contributed by atoms with Gasteiger partial charge in [-0.25, -0.2) is 4.39 Å². The first-order valence-corrected chi connectivity index (χ1v) is 2.60. The topological polar surface area (TPSA) is 4.44 Å². The summed E-state index contributed by atoms with van der Waals surface area (Å²) in [7, 11) is 3.66. The highest BCUT2D eigenvalue weighted by Gasteiger charge is 2.17. The molecule has 1 nitrogen and oxygen atoms in total. The fourth-order valence-corrected chi connectivity index (χ4v) is 0.878. The minimum Gasteiger partial charge on any atom is -0.465 e. The van der Waals surface area contributed by atoms with Crippen LogP contribution in [0.4, 0.5) is 4.39 Å². The van der Waals surface area contributed by atoms with Crippen molar-refractivity contribution in [1.29, 1.82) is 0 Å². The van der Waals surface area contributed by atoms with E-state index in [2.05, 4.69) is 7.05 Å². The Hall–Kier alpha value is -0.110. The van der Waals surface area contributed by atoms with Gasteiger partial charge in [-0.2, -0.15) is 7.05 Å². The Labute approximate surface area is 43.1 Å². The van der Waals surface area contributed by atoms with E-state index in [4.69, 9.17) is 0 Å². The Morgan fingerprint density at radius 3 is 2.57 bits per heavy atom. The van der Waals surface area contributed by atoms with E-state index in [1.807, 2.05) is 0 Å². The molecule has 42 valence electrons. The van der Waals surface area contributed by atoms with E-state index >= 15 is 0 Å². The summed E-state index contributed by atoms with van der Waals surface area (Å²) < 4.78 is 12.1. The molecule has 0 bridgehead atoms. The summed E-state index contributed by atoms with van der Waals surface area (Å²) in [6, 6.07) is 0. The first-order chi connectivity index (χ1) is 3.29. The summed E-state index contributed by atoms with van der Waals surface area (Å²) in [6.07, 6.45) is 0.131. The Morgan fingerprint density at radius 2 is 2.43 bits per heavy atom. The molecule has 0 saturated carbocycles. The van der Waals surface area contributed by atoms with Crippen LogP contribution in [0, 0.1) is 7.05 Å².